The number of unbranched alkanes of at least 4 members (excludes halogenated alkanes) is 1. The van der Waals surface area contributed by atoms with Crippen molar-refractivity contribution in [2.24, 2.45) is 0 Å². The molecule has 2 amide bonds. The second-order valence-corrected chi connectivity index (χ2v) is 4.93. The molecule has 0 saturated heterocycles. The minimum atomic E-state index is -1.08. The number of rotatable bonds is 8. The zero-order chi connectivity index (χ0) is 17.5. The molecule has 1 aromatic carbocycles. The van der Waals surface area contributed by atoms with Gasteiger partial charge in [0.05, 0.1) is 5.56 Å². The summed E-state index contributed by atoms with van der Waals surface area (Å²) in [4.78, 5) is 44.9. The summed E-state index contributed by atoms with van der Waals surface area (Å²) in [7, 11) is 0. The maximum absolute atomic E-state index is 11.7. The Morgan fingerprint density at radius 2 is 1.79 bits per heavy atom. The van der Waals surface area contributed by atoms with E-state index in [0.29, 0.717) is 25.9 Å². The maximum Gasteiger partial charge on any atom is 0.404 e. The predicted molar refractivity (Wildman–Crippen MR) is 80.0 cm³/mol. The van der Waals surface area contributed by atoms with Crippen molar-refractivity contribution in [1.82, 2.24) is 10.6 Å². The number of cyclic esters (lactones) is 2. The molecule has 0 aromatic heterocycles. The Bertz CT molecular complexity index is 672. The molecule has 1 aliphatic rings. The van der Waals surface area contributed by atoms with Crippen molar-refractivity contribution < 1.29 is 33.8 Å². The minimum Gasteiger partial charge on any atom is -0.483 e. The Labute approximate surface area is 136 Å². The van der Waals surface area contributed by atoms with E-state index in [9.17, 15) is 19.2 Å². The van der Waals surface area contributed by atoms with Gasteiger partial charge in [-0.3, -0.25) is 4.79 Å². The number of benzene rings is 1. The molecule has 0 atom stereocenters. The molecule has 1 heterocycles. The highest BCUT2D eigenvalue weighted by atomic mass is 16.6. The number of ether oxygens (including phenoxy) is 2. The fraction of sp³-hybridized carbons (Fsp3) is 0.333. The van der Waals surface area contributed by atoms with Gasteiger partial charge in [-0.05, 0) is 25.0 Å². The molecule has 9 nitrogen and oxygen atoms in total. The number of hydrogen-bond acceptors (Lipinski definition) is 6. The summed E-state index contributed by atoms with van der Waals surface area (Å²) >= 11 is 0. The van der Waals surface area contributed by atoms with Crippen LogP contribution in [0.5, 0.6) is 5.75 Å². The molecule has 128 valence electrons. The molecule has 24 heavy (non-hydrogen) atoms. The van der Waals surface area contributed by atoms with Gasteiger partial charge in [0.15, 0.2) is 6.61 Å². The smallest absolute Gasteiger partial charge is 0.404 e. The number of amides is 2. The van der Waals surface area contributed by atoms with E-state index in [4.69, 9.17) is 9.84 Å². The molecule has 2 rings (SSSR count). The molecule has 1 aromatic rings. The summed E-state index contributed by atoms with van der Waals surface area (Å²) in [6, 6.07) is 4.45. The molecule has 0 aliphatic carbocycles. The number of carboxylic acid groups (broad SMARTS) is 1. The molecule has 0 radical (unpaired) electrons. The van der Waals surface area contributed by atoms with Crippen molar-refractivity contribution >= 4 is 23.9 Å². The molecular formula is C15H16N2O7. The topological polar surface area (TPSA) is 131 Å². The first-order chi connectivity index (χ1) is 11.5. The van der Waals surface area contributed by atoms with Gasteiger partial charge in [-0.25, -0.2) is 14.4 Å². The average Bonchev–Trinajstić information content (AvgIpc) is 2.83. The van der Waals surface area contributed by atoms with E-state index in [1.165, 1.54) is 18.2 Å². The molecular weight excluding hydrogens is 320 g/mol. The lowest BCUT2D eigenvalue weighted by molar-refractivity contribution is -0.123. The quantitative estimate of drug-likeness (QED) is 0.359. The number of hydrogen-bond donors (Lipinski definition) is 3. The van der Waals surface area contributed by atoms with Crippen LogP contribution in [0.15, 0.2) is 18.2 Å². The van der Waals surface area contributed by atoms with Gasteiger partial charge >= 0.3 is 18.0 Å². The monoisotopic (exact) mass is 336 g/mol. The molecule has 0 unspecified atom stereocenters. The second kappa shape index (κ2) is 7.95. The van der Waals surface area contributed by atoms with E-state index in [2.05, 4.69) is 15.4 Å². The molecule has 9 heteroatoms. The average molecular weight is 336 g/mol. The number of esters is 2. The fourth-order valence-corrected chi connectivity index (χ4v) is 2.09. The van der Waals surface area contributed by atoms with Crippen molar-refractivity contribution in [2.45, 2.75) is 12.8 Å². The Kier molecular flexibility index (Phi) is 5.72. The SMILES string of the molecule is O=C(O)NCCCCNC(=O)COc1cccc2c1C(=O)OC2=O. The first kappa shape index (κ1) is 17.3. The first-order valence-electron chi connectivity index (χ1n) is 7.25. The normalized spacial score (nSPS) is 12.3. The van der Waals surface area contributed by atoms with E-state index in [-0.39, 0.29) is 23.5 Å². The van der Waals surface area contributed by atoms with Crippen LogP contribution in [0.4, 0.5) is 4.79 Å². The highest BCUT2D eigenvalue weighted by molar-refractivity contribution is 6.16. The lowest BCUT2D eigenvalue weighted by Crippen LogP contribution is -2.30. The number of carbonyl (C=O) groups excluding carboxylic acids is 3. The third-order valence-corrected chi connectivity index (χ3v) is 3.20. The minimum absolute atomic E-state index is 0.0232. The van der Waals surface area contributed by atoms with Crippen LogP contribution in [0, 0.1) is 0 Å². The highest BCUT2D eigenvalue weighted by Gasteiger charge is 2.33. The molecule has 1 aliphatic heterocycles. The third kappa shape index (κ3) is 4.45. The molecule has 0 saturated carbocycles. The zero-order valence-corrected chi connectivity index (χ0v) is 12.7. The molecule has 3 N–H and O–H groups in total. The van der Waals surface area contributed by atoms with Gasteiger partial charge in [-0.2, -0.15) is 0 Å². The largest absolute Gasteiger partial charge is 0.483 e. The van der Waals surface area contributed by atoms with E-state index in [1.807, 2.05) is 0 Å². The van der Waals surface area contributed by atoms with Crippen LogP contribution in [0.3, 0.4) is 0 Å². The Hall–Kier alpha value is -3.10. The van der Waals surface area contributed by atoms with Gasteiger partial charge in [-0.1, -0.05) is 6.07 Å². The van der Waals surface area contributed by atoms with Gasteiger partial charge in [0.25, 0.3) is 5.91 Å². The summed E-state index contributed by atoms with van der Waals surface area (Å²) in [5.41, 5.74) is 0.138. The number of nitrogens with one attached hydrogen (secondary N) is 2. The molecule has 0 bridgehead atoms. The van der Waals surface area contributed by atoms with Crippen LogP contribution in [-0.2, 0) is 9.53 Å². The van der Waals surface area contributed by atoms with Crippen LogP contribution in [0.1, 0.15) is 33.6 Å². The van der Waals surface area contributed by atoms with Crippen LogP contribution >= 0.6 is 0 Å². The van der Waals surface area contributed by atoms with Crippen molar-refractivity contribution in [3.05, 3.63) is 29.3 Å². The number of carbonyl (C=O) groups is 4. The number of fused-ring (bicyclic) bond motifs is 1. The lowest BCUT2D eigenvalue weighted by Gasteiger charge is -2.09. The predicted octanol–water partition coefficient (Wildman–Crippen LogP) is 0.540. The summed E-state index contributed by atoms with van der Waals surface area (Å²) in [5, 5.41) is 13.2. The maximum atomic E-state index is 11.7. The first-order valence-corrected chi connectivity index (χ1v) is 7.25. The van der Waals surface area contributed by atoms with Gasteiger partial charge in [0.2, 0.25) is 0 Å². The van der Waals surface area contributed by atoms with Gasteiger partial charge in [0, 0.05) is 13.1 Å². The Balaban J connectivity index is 1.74. The van der Waals surface area contributed by atoms with Gasteiger partial charge < -0.3 is 25.2 Å². The van der Waals surface area contributed by atoms with Crippen molar-refractivity contribution in [2.75, 3.05) is 19.7 Å². The second-order valence-electron chi connectivity index (χ2n) is 4.93. The summed E-state index contributed by atoms with van der Waals surface area (Å²) < 4.78 is 9.78. The van der Waals surface area contributed by atoms with E-state index < -0.39 is 23.9 Å². The van der Waals surface area contributed by atoms with Crippen molar-refractivity contribution in [3.8, 4) is 5.75 Å². The van der Waals surface area contributed by atoms with E-state index in [0.717, 1.165) is 0 Å². The van der Waals surface area contributed by atoms with E-state index >= 15 is 0 Å². The zero-order valence-electron chi connectivity index (χ0n) is 12.7. The van der Waals surface area contributed by atoms with Gasteiger partial charge in [0.1, 0.15) is 11.3 Å². The van der Waals surface area contributed by atoms with Crippen LogP contribution in [0.25, 0.3) is 0 Å². The van der Waals surface area contributed by atoms with Crippen LogP contribution in [0.2, 0.25) is 0 Å². The van der Waals surface area contributed by atoms with E-state index in [1.54, 1.807) is 0 Å². The standard InChI is InChI=1S/C15H16N2O7/c18-11(16-6-1-2-7-17-15(21)22)8-23-10-5-3-4-9-12(10)14(20)24-13(9)19/h3-5,17H,1-2,6-8H2,(H,16,18)(H,21,22). The summed E-state index contributed by atoms with van der Waals surface area (Å²) in [6.07, 6.45) is 0.112. The highest BCUT2D eigenvalue weighted by Crippen LogP contribution is 2.28. The van der Waals surface area contributed by atoms with Crippen molar-refractivity contribution in [1.29, 1.82) is 0 Å². The molecule has 0 fully saturated rings. The summed E-state index contributed by atoms with van der Waals surface area (Å²) in [6.45, 7) is 0.371. The van der Waals surface area contributed by atoms with Crippen LogP contribution in [-0.4, -0.2) is 48.7 Å². The van der Waals surface area contributed by atoms with Crippen molar-refractivity contribution in [3.63, 3.8) is 0 Å². The fourth-order valence-electron chi connectivity index (χ4n) is 2.09. The van der Waals surface area contributed by atoms with Gasteiger partial charge in [-0.15, -0.1) is 0 Å². The summed E-state index contributed by atoms with van der Waals surface area (Å²) in [5.74, 6) is -1.81. The Morgan fingerprint density at radius 3 is 2.50 bits per heavy atom. The van der Waals surface area contributed by atoms with Crippen LogP contribution < -0.4 is 15.4 Å². The Morgan fingerprint density at radius 1 is 1.08 bits per heavy atom. The lowest BCUT2D eigenvalue weighted by atomic mass is 10.1. The molecule has 0 spiro atoms. The third-order valence-electron chi connectivity index (χ3n) is 3.20.